The van der Waals surface area contributed by atoms with Gasteiger partial charge in [-0.1, -0.05) is 12.1 Å². The van der Waals surface area contributed by atoms with Crippen molar-refractivity contribution in [3.05, 3.63) is 42.2 Å². The van der Waals surface area contributed by atoms with Crippen LogP contribution in [0.1, 0.15) is 18.6 Å². The van der Waals surface area contributed by atoms with Crippen LogP contribution >= 0.6 is 23.7 Å². The Hall–Kier alpha value is -1.93. The molecule has 1 amide bonds. The van der Waals surface area contributed by atoms with Crippen molar-refractivity contribution in [1.29, 1.82) is 0 Å². The van der Waals surface area contributed by atoms with Gasteiger partial charge in [0, 0.05) is 6.54 Å². The van der Waals surface area contributed by atoms with Gasteiger partial charge in [-0.05, 0) is 37.1 Å². The van der Waals surface area contributed by atoms with Gasteiger partial charge in [0.25, 0.3) is 0 Å². The minimum absolute atomic E-state index is 0. The number of carbonyl (C=O) groups is 1. The van der Waals surface area contributed by atoms with Gasteiger partial charge in [0.05, 0.1) is 22.9 Å². The van der Waals surface area contributed by atoms with E-state index in [1.54, 1.807) is 11.3 Å². The topological polar surface area (TPSA) is 90.4 Å². The number of amides is 1. The van der Waals surface area contributed by atoms with Crippen molar-refractivity contribution < 1.29 is 13.9 Å². The summed E-state index contributed by atoms with van der Waals surface area (Å²) in [6, 6.07) is 11.7. The second-order valence-corrected chi connectivity index (χ2v) is 7.06. The van der Waals surface area contributed by atoms with Crippen molar-refractivity contribution in [1.82, 2.24) is 10.3 Å². The van der Waals surface area contributed by atoms with Crippen LogP contribution in [0, 0.1) is 0 Å². The van der Waals surface area contributed by atoms with Gasteiger partial charge >= 0.3 is 0 Å². The van der Waals surface area contributed by atoms with E-state index in [-0.39, 0.29) is 24.4 Å². The average Bonchev–Trinajstić information content (AvgIpc) is 3.37. The Labute approximate surface area is 161 Å². The molecule has 1 aliphatic heterocycles. The van der Waals surface area contributed by atoms with E-state index < -0.39 is 6.10 Å². The van der Waals surface area contributed by atoms with Crippen LogP contribution in [0.15, 0.2) is 40.8 Å². The first-order valence-corrected chi connectivity index (χ1v) is 9.12. The van der Waals surface area contributed by atoms with Crippen LogP contribution in [-0.4, -0.2) is 29.6 Å². The number of furan rings is 1. The van der Waals surface area contributed by atoms with Crippen molar-refractivity contribution in [2.75, 3.05) is 6.54 Å². The van der Waals surface area contributed by atoms with Crippen molar-refractivity contribution in [3.63, 3.8) is 0 Å². The van der Waals surface area contributed by atoms with Crippen LogP contribution in [0.5, 0.6) is 0 Å². The van der Waals surface area contributed by atoms with Crippen LogP contribution < -0.4 is 11.1 Å². The van der Waals surface area contributed by atoms with Gasteiger partial charge in [0.15, 0.2) is 10.8 Å². The number of benzene rings is 1. The third-order valence-corrected chi connectivity index (χ3v) is 5.32. The highest BCUT2D eigenvalue weighted by atomic mass is 35.5. The lowest BCUT2D eigenvalue weighted by Gasteiger charge is -2.11. The predicted molar refractivity (Wildman–Crippen MR) is 103 cm³/mol. The maximum absolute atomic E-state index is 12.1. The van der Waals surface area contributed by atoms with Gasteiger partial charge in [-0.15, -0.1) is 23.7 Å². The molecule has 1 aliphatic rings. The molecule has 1 aromatic carbocycles. The summed E-state index contributed by atoms with van der Waals surface area (Å²) in [5, 5.41) is 3.70. The smallest absolute Gasteiger partial charge is 0.249 e. The molecule has 0 radical (unpaired) electrons. The van der Waals surface area contributed by atoms with E-state index in [1.165, 1.54) is 0 Å². The molecule has 3 aromatic rings. The van der Waals surface area contributed by atoms with Crippen molar-refractivity contribution in [2.24, 2.45) is 5.73 Å². The minimum Gasteiger partial charge on any atom is -0.457 e. The molecule has 2 aromatic heterocycles. The van der Waals surface area contributed by atoms with Crippen LogP contribution in [-0.2, 0) is 16.1 Å². The van der Waals surface area contributed by atoms with E-state index in [0.717, 1.165) is 21.6 Å². The first kappa shape index (κ1) is 18.8. The van der Waals surface area contributed by atoms with Crippen molar-refractivity contribution >= 4 is 39.9 Å². The quantitative estimate of drug-likeness (QED) is 0.695. The van der Waals surface area contributed by atoms with E-state index in [2.05, 4.69) is 10.3 Å². The van der Waals surface area contributed by atoms with Crippen LogP contribution in [0.4, 0.5) is 0 Å². The molecule has 0 saturated carbocycles. The molecule has 0 spiro atoms. The van der Waals surface area contributed by atoms with E-state index in [9.17, 15) is 4.79 Å². The number of carbonyl (C=O) groups excluding carboxylic acids is 1. The number of aromatic nitrogens is 1. The number of thiazole rings is 1. The standard InChI is InChI=1S/C18H19N3O3S.ClH/c19-9-11-5-7-14(23-11)17(22)20-10-12-6-8-15(24-12)18-21-13-3-1-2-4-16(13)25-18;/h1-4,6,8,11,14H,5,7,9-10,19H2,(H,20,22);1H/t11-,14+;/m1./s1. The number of nitrogens with zero attached hydrogens (tertiary/aromatic N) is 1. The highest BCUT2D eigenvalue weighted by Crippen LogP contribution is 2.31. The molecule has 0 aliphatic carbocycles. The molecule has 6 nitrogen and oxygen atoms in total. The fourth-order valence-corrected chi connectivity index (χ4v) is 3.85. The zero-order chi connectivity index (χ0) is 17.2. The molecular weight excluding hydrogens is 374 g/mol. The predicted octanol–water partition coefficient (Wildman–Crippen LogP) is 3.10. The number of fused-ring (bicyclic) bond motifs is 1. The third kappa shape index (κ3) is 3.91. The number of hydrogen-bond acceptors (Lipinski definition) is 6. The summed E-state index contributed by atoms with van der Waals surface area (Å²) in [5.74, 6) is 1.29. The molecule has 8 heteroatoms. The molecule has 138 valence electrons. The van der Waals surface area contributed by atoms with Crippen molar-refractivity contribution in [2.45, 2.75) is 31.6 Å². The Bertz CT molecular complexity index is 862. The summed E-state index contributed by atoms with van der Waals surface area (Å²) in [6.07, 6.45) is 1.12. The first-order valence-electron chi connectivity index (χ1n) is 8.31. The van der Waals surface area contributed by atoms with E-state index >= 15 is 0 Å². The maximum atomic E-state index is 12.1. The van der Waals surface area contributed by atoms with Gasteiger partial charge in [-0.2, -0.15) is 0 Å². The summed E-state index contributed by atoms with van der Waals surface area (Å²) >= 11 is 1.59. The normalized spacial score (nSPS) is 19.4. The molecule has 0 unspecified atom stereocenters. The lowest BCUT2D eigenvalue weighted by atomic mass is 10.2. The summed E-state index contributed by atoms with van der Waals surface area (Å²) < 4.78 is 12.5. The monoisotopic (exact) mass is 393 g/mol. The van der Waals surface area contributed by atoms with Gasteiger partial charge in [0.1, 0.15) is 11.9 Å². The third-order valence-electron chi connectivity index (χ3n) is 4.27. The zero-order valence-electron chi connectivity index (χ0n) is 14.0. The van der Waals surface area contributed by atoms with Crippen LogP contribution in [0.3, 0.4) is 0 Å². The number of nitrogens with one attached hydrogen (secondary N) is 1. The lowest BCUT2D eigenvalue weighted by Crippen LogP contribution is -2.35. The lowest BCUT2D eigenvalue weighted by molar-refractivity contribution is -0.132. The Kier molecular flexibility index (Phi) is 5.93. The van der Waals surface area contributed by atoms with Gasteiger partial charge in [0.2, 0.25) is 5.91 Å². The van der Waals surface area contributed by atoms with Crippen molar-refractivity contribution in [3.8, 4) is 10.8 Å². The average molecular weight is 394 g/mol. The Balaban J connectivity index is 0.00000196. The molecule has 26 heavy (non-hydrogen) atoms. The first-order chi connectivity index (χ1) is 12.2. The number of halogens is 1. The molecule has 1 saturated heterocycles. The Morgan fingerprint density at radius 3 is 2.88 bits per heavy atom. The molecule has 0 bridgehead atoms. The van der Waals surface area contributed by atoms with E-state index in [4.69, 9.17) is 14.9 Å². The second kappa shape index (κ2) is 8.18. The van der Waals surface area contributed by atoms with Gasteiger partial charge in [-0.3, -0.25) is 4.79 Å². The van der Waals surface area contributed by atoms with Gasteiger partial charge < -0.3 is 20.2 Å². The summed E-state index contributed by atoms with van der Waals surface area (Å²) in [7, 11) is 0. The molecule has 3 N–H and O–H groups in total. The van der Waals surface area contributed by atoms with E-state index in [0.29, 0.717) is 31.0 Å². The number of nitrogens with two attached hydrogens (primary N) is 1. The summed E-state index contributed by atoms with van der Waals surface area (Å²) in [4.78, 5) is 16.7. The maximum Gasteiger partial charge on any atom is 0.249 e. The highest BCUT2D eigenvalue weighted by molar-refractivity contribution is 7.21. The molecular formula is C18H20ClN3O3S. The second-order valence-electron chi connectivity index (χ2n) is 6.03. The fraction of sp³-hybridized carbons (Fsp3) is 0.333. The molecule has 4 rings (SSSR count). The highest BCUT2D eigenvalue weighted by Gasteiger charge is 2.29. The number of rotatable bonds is 5. The Morgan fingerprint density at radius 1 is 1.27 bits per heavy atom. The number of ether oxygens (including phenoxy) is 1. The number of para-hydroxylation sites is 1. The largest absolute Gasteiger partial charge is 0.457 e. The number of hydrogen-bond donors (Lipinski definition) is 2. The minimum atomic E-state index is -0.410. The molecule has 1 fully saturated rings. The Morgan fingerprint density at radius 2 is 2.12 bits per heavy atom. The summed E-state index contributed by atoms with van der Waals surface area (Å²) in [6.45, 7) is 0.782. The van der Waals surface area contributed by atoms with E-state index in [1.807, 2.05) is 36.4 Å². The zero-order valence-corrected chi connectivity index (χ0v) is 15.6. The molecule has 2 atom stereocenters. The SMILES string of the molecule is Cl.NC[C@H]1CC[C@@H](C(=O)NCc2ccc(-c3nc4ccccc4s3)o2)O1. The fourth-order valence-electron chi connectivity index (χ4n) is 2.93. The molecule has 3 heterocycles. The van der Waals surface area contributed by atoms with Crippen LogP contribution in [0.25, 0.3) is 21.0 Å². The summed E-state index contributed by atoms with van der Waals surface area (Å²) in [5.41, 5.74) is 6.53. The van der Waals surface area contributed by atoms with Gasteiger partial charge in [-0.25, -0.2) is 4.98 Å². The van der Waals surface area contributed by atoms with Crippen LogP contribution in [0.2, 0.25) is 0 Å².